The molecule has 2 aromatic rings. The Morgan fingerprint density at radius 2 is 1.93 bits per heavy atom. The van der Waals surface area contributed by atoms with Crippen LogP contribution in [0.3, 0.4) is 0 Å². The van der Waals surface area contributed by atoms with Gasteiger partial charge in [-0.2, -0.15) is 0 Å². The molecule has 145 valence electrons. The van der Waals surface area contributed by atoms with Gasteiger partial charge in [0.05, 0.1) is 11.6 Å². The van der Waals surface area contributed by atoms with Gasteiger partial charge in [-0.1, -0.05) is 30.3 Å². The second kappa shape index (κ2) is 8.10. The Labute approximate surface area is 165 Å². The van der Waals surface area contributed by atoms with Crippen LogP contribution in [0.2, 0.25) is 0 Å². The molecule has 1 aromatic carbocycles. The highest BCUT2D eigenvalue weighted by molar-refractivity contribution is 5.94. The van der Waals surface area contributed by atoms with Crippen molar-refractivity contribution in [2.75, 3.05) is 26.2 Å². The lowest BCUT2D eigenvalue weighted by atomic mass is 9.94. The van der Waals surface area contributed by atoms with E-state index in [1.54, 1.807) is 24.5 Å². The largest absolute Gasteiger partial charge is 0.368 e. The fraction of sp³-hybridized carbons (Fsp3) is 0.364. The smallest absolute Gasteiger partial charge is 0.255 e. The molecule has 1 aromatic heterocycles. The lowest BCUT2D eigenvalue weighted by molar-refractivity contribution is -0.123. The van der Waals surface area contributed by atoms with E-state index in [2.05, 4.69) is 28.4 Å². The number of hydrogen-bond acceptors (Lipinski definition) is 4. The zero-order valence-electron chi connectivity index (χ0n) is 15.8. The van der Waals surface area contributed by atoms with E-state index >= 15 is 0 Å². The van der Waals surface area contributed by atoms with Gasteiger partial charge in [-0.15, -0.1) is 0 Å². The predicted molar refractivity (Wildman–Crippen MR) is 106 cm³/mol. The number of nitrogens with zero attached hydrogens (tertiary/aromatic N) is 3. The average molecular weight is 377 g/mol. The van der Waals surface area contributed by atoms with E-state index in [0.717, 1.165) is 19.5 Å². The highest BCUT2D eigenvalue weighted by Crippen LogP contribution is 2.36. The molecule has 0 spiro atoms. The van der Waals surface area contributed by atoms with Crippen molar-refractivity contribution in [3.8, 4) is 0 Å². The summed E-state index contributed by atoms with van der Waals surface area (Å²) in [6.07, 6.45) is 6.30. The van der Waals surface area contributed by atoms with Gasteiger partial charge in [-0.05, 0) is 43.0 Å². The van der Waals surface area contributed by atoms with Gasteiger partial charge in [0.2, 0.25) is 5.91 Å². The number of carbonyl (C=O) groups is 2. The number of carbonyl (C=O) groups excluding carboxylic acids is 2. The molecule has 4 rings (SSSR count). The molecular weight excluding hydrogens is 352 g/mol. The van der Waals surface area contributed by atoms with Crippen LogP contribution in [0, 0.1) is 18.3 Å². The van der Waals surface area contributed by atoms with Crippen molar-refractivity contribution in [2.45, 2.75) is 12.5 Å². The number of hydrogen-bond donors (Lipinski definition) is 1. The number of primary amides is 1. The maximum atomic E-state index is 12.7. The Balaban J connectivity index is 1.37. The van der Waals surface area contributed by atoms with Crippen LogP contribution in [0.25, 0.3) is 0 Å². The lowest BCUT2D eigenvalue weighted by Gasteiger charge is -2.27. The van der Waals surface area contributed by atoms with Crippen molar-refractivity contribution in [3.63, 3.8) is 0 Å². The highest BCUT2D eigenvalue weighted by atomic mass is 16.2. The molecule has 0 bridgehead atoms. The van der Waals surface area contributed by atoms with E-state index in [9.17, 15) is 9.59 Å². The quantitative estimate of drug-likeness (QED) is 0.829. The Hall–Kier alpha value is -2.73. The Kier molecular flexibility index (Phi) is 5.39. The molecular formula is C22H25N4O2. The second-order valence-corrected chi connectivity index (χ2v) is 7.62. The number of fused-ring (bicyclic) bond motifs is 1. The summed E-state index contributed by atoms with van der Waals surface area (Å²) in [5.41, 5.74) is 7.53. The van der Waals surface area contributed by atoms with Gasteiger partial charge in [-0.25, -0.2) is 0 Å². The van der Waals surface area contributed by atoms with Crippen molar-refractivity contribution in [3.05, 3.63) is 72.4 Å². The minimum absolute atomic E-state index is 0.0188. The minimum Gasteiger partial charge on any atom is -0.368 e. The van der Waals surface area contributed by atoms with E-state index in [1.165, 1.54) is 5.56 Å². The lowest BCUT2D eigenvalue weighted by Crippen LogP contribution is -2.46. The Morgan fingerprint density at radius 3 is 2.64 bits per heavy atom. The first-order valence-corrected chi connectivity index (χ1v) is 9.74. The summed E-state index contributed by atoms with van der Waals surface area (Å²) in [5.74, 6) is 0.0854. The minimum atomic E-state index is -0.305. The number of pyridine rings is 1. The van der Waals surface area contributed by atoms with Gasteiger partial charge in [0.15, 0.2) is 0 Å². The first kappa shape index (κ1) is 18.6. The summed E-state index contributed by atoms with van der Waals surface area (Å²) in [5, 5.41) is 0. The van der Waals surface area contributed by atoms with Gasteiger partial charge in [-0.3, -0.25) is 19.5 Å². The molecule has 2 aliphatic rings. The third kappa shape index (κ3) is 3.78. The predicted octanol–water partition coefficient (Wildman–Crippen LogP) is 1.58. The maximum Gasteiger partial charge on any atom is 0.255 e. The Bertz CT molecular complexity index is 827. The molecule has 2 aliphatic heterocycles. The number of benzene rings is 1. The summed E-state index contributed by atoms with van der Waals surface area (Å²) < 4.78 is 0. The van der Waals surface area contributed by atoms with Crippen LogP contribution < -0.4 is 5.73 Å². The van der Waals surface area contributed by atoms with E-state index in [1.807, 2.05) is 23.1 Å². The second-order valence-electron chi connectivity index (χ2n) is 7.62. The fourth-order valence-corrected chi connectivity index (χ4v) is 4.58. The van der Waals surface area contributed by atoms with Gasteiger partial charge in [0, 0.05) is 37.9 Å². The van der Waals surface area contributed by atoms with E-state index < -0.39 is 0 Å². The van der Waals surface area contributed by atoms with Crippen LogP contribution in [-0.2, 0) is 4.79 Å². The monoisotopic (exact) mass is 377 g/mol. The standard InChI is InChI=1S/C22H25N4O2/c23-21(27)20-19-15-26(22(28)17-9-4-10-24-12-17)14-18(19)13-25(20)11-5-8-16-6-2-1-3-7-16/h1-4,6-10,12,18-20H,5,11,13-15H2,(H2,23,27)/t18?,19-,20?/m1/s1. The van der Waals surface area contributed by atoms with E-state index in [-0.39, 0.29) is 29.7 Å². The van der Waals surface area contributed by atoms with Crippen molar-refractivity contribution < 1.29 is 9.59 Å². The third-order valence-corrected chi connectivity index (χ3v) is 5.84. The van der Waals surface area contributed by atoms with E-state index in [4.69, 9.17) is 5.73 Å². The maximum absolute atomic E-state index is 12.7. The zero-order chi connectivity index (χ0) is 19.5. The molecule has 3 heterocycles. The Morgan fingerprint density at radius 1 is 1.11 bits per heavy atom. The van der Waals surface area contributed by atoms with Crippen LogP contribution in [0.4, 0.5) is 0 Å². The molecule has 2 N–H and O–H groups in total. The summed E-state index contributed by atoms with van der Waals surface area (Å²) >= 11 is 0. The van der Waals surface area contributed by atoms with Crippen molar-refractivity contribution in [2.24, 2.45) is 17.6 Å². The number of aromatic nitrogens is 1. The molecule has 2 amide bonds. The summed E-state index contributed by atoms with van der Waals surface area (Å²) in [7, 11) is 0. The normalized spacial score (nSPS) is 24.3. The highest BCUT2D eigenvalue weighted by Gasteiger charge is 2.50. The van der Waals surface area contributed by atoms with Crippen LogP contribution in [0.5, 0.6) is 0 Å². The van der Waals surface area contributed by atoms with Gasteiger partial charge in [0.1, 0.15) is 0 Å². The molecule has 0 aliphatic carbocycles. The number of amides is 2. The van der Waals surface area contributed by atoms with Crippen molar-refractivity contribution in [1.82, 2.24) is 14.8 Å². The van der Waals surface area contributed by atoms with Crippen LogP contribution >= 0.6 is 0 Å². The topological polar surface area (TPSA) is 79.5 Å². The molecule has 28 heavy (non-hydrogen) atoms. The zero-order valence-corrected chi connectivity index (χ0v) is 15.8. The van der Waals surface area contributed by atoms with Gasteiger partial charge >= 0.3 is 0 Å². The number of likely N-dealkylation sites (tertiary alicyclic amines) is 2. The van der Waals surface area contributed by atoms with Gasteiger partial charge < -0.3 is 10.6 Å². The molecule has 6 heteroatoms. The SMILES string of the molecule is NC(=O)C1[C@@H]2CN(C(=O)c3cccnc3)CC2CN1CC[CH]c1ccccc1. The van der Waals surface area contributed by atoms with Crippen molar-refractivity contribution in [1.29, 1.82) is 0 Å². The average Bonchev–Trinajstić information content (AvgIpc) is 3.26. The molecule has 0 saturated carbocycles. The molecule has 1 radical (unpaired) electrons. The number of rotatable bonds is 6. The van der Waals surface area contributed by atoms with Crippen LogP contribution in [-0.4, -0.2) is 58.8 Å². The molecule has 2 fully saturated rings. The molecule has 2 unspecified atom stereocenters. The summed E-state index contributed by atoms with van der Waals surface area (Å²) in [6.45, 7) is 2.84. The first-order valence-electron chi connectivity index (χ1n) is 9.74. The summed E-state index contributed by atoms with van der Waals surface area (Å²) in [6, 6.07) is 13.4. The molecule has 3 atom stereocenters. The molecule has 6 nitrogen and oxygen atoms in total. The molecule has 2 saturated heterocycles. The van der Waals surface area contributed by atoms with Crippen LogP contribution in [0.15, 0.2) is 54.9 Å². The third-order valence-electron chi connectivity index (χ3n) is 5.84. The van der Waals surface area contributed by atoms with Gasteiger partial charge in [0.25, 0.3) is 5.91 Å². The van der Waals surface area contributed by atoms with Crippen LogP contribution in [0.1, 0.15) is 22.3 Å². The summed E-state index contributed by atoms with van der Waals surface area (Å²) in [4.78, 5) is 33.0. The van der Waals surface area contributed by atoms with Crippen molar-refractivity contribution >= 4 is 11.8 Å². The first-order chi connectivity index (χ1) is 13.6. The fourth-order valence-electron chi connectivity index (χ4n) is 4.58. The van der Waals surface area contributed by atoms with E-state index in [0.29, 0.717) is 18.7 Å². The number of nitrogens with two attached hydrogens (primary N) is 1.